The minimum Gasteiger partial charge on any atom is -0.375 e. The van der Waals surface area contributed by atoms with Gasteiger partial charge in [0, 0.05) is 133 Å². The third kappa shape index (κ3) is 5.52. The van der Waals surface area contributed by atoms with E-state index in [0.717, 1.165) is 22.7 Å². The van der Waals surface area contributed by atoms with Gasteiger partial charge < -0.3 is 27.9 Å². The Morgan fingerprint density at radius 2 is 0.570 bits per heavy atom. The zero-order valence-corrected chi connectivity index (χ0v) is 46.4. The van der Waals surface area contributed by atoms with Crippen LogP contribution in [-0.4, -0.2) is 31.8 Å². The van der Waals surface area contributed by atoms with Gasteiger partial charge in [-0.15, -0.1) is 0 Å². The molecule has 4 aliphatic heterocycles. The predicted octanol–water partition coefficient (Wildman–Crippen LogP) is 16.9. The van der Waals surface area contributed by atoms with Crippen LogP contribution >= 0.6 is 0 Å². The molecule has 0 spiro atoms. The van der Waals surface area contributed by atoms with Gasteiger partial charge in [0.2, 0.25) is 0 Å². The third-order valence-electron chi connectivity index (χ3n) is 19.8. The number of fused-ring (bicyclic) bond motifs is 22. The summed E-state index contributed by atoms with van der Waals surface area (Å²) in [5.41, 5.74) is 29.3. The van der Waals surface area contributed by atoms with E-state index in [1.807, 2.05) is 0 Å². The molecule has 0 aliphatic carbocycles. The lowest BCUT2D eigenvalue weighted by molar-refractivity contribution is 1.18. The molecule has 6 nitrogen and oxygen atoms in total. The fraction of sp³-hybridized carbons (Fsp3) is 0. The molecule has 17 aromatic rings. The van der Waals surface area contributed by atoms with Crippen molar-refractivity contribution in [1.29, 1.82) is 0 Å². The van der Waals surface area contributed by atoms with Crippen LogP contribution in [0.1, 0.15) is 0 Å². The van der Waals surface area contributed by atoms with Crippen LogP contribution in [0.25, 0.3) is 121 Å². The summed E-state index contributed by atoms with van der Waals surface area (Å²) in [5.74, 6) is 0. The van der Waals surface area contributed by atoms with E-state index in [4.69, 9.17) is 0 Å². The molecule has 8 heteroatoms. The van der Waals surface area contributed by atoms with E-state index in [1.54, 1.807) is 0 Å². The topological polar surface area (TPSA) is 26.2 Å². The van der Waals surface area contributed by atoms with Gasteiger partial charge in [0.1, 0.15) is 0 Å². The zero-order chi connectivity index (χ0) is 55.6. The van der Waals surface area contributed by atoms with Crippen molar-refractivity contribution in [2.75, 3.05) is 9.80 Å². The molecule has 86 heavy (non-hydrogen) atoms. The van der Waals surface area contributed by atoms with Crippen LogP contribution in [0.4, 0.5) is 34.1 Å². The second-order valence-corrected chi connectivity index (χ2v) is 23.8. The maximum Gasteiger partial charge on any atom is 0.333 e. The van der Waals surface area contributed by atoms with E-state index in [-0.39, 0.29) is 13.7 Å². The summed E-state index contributed by atoms with van der Waals surface area (Å²) in [7, 11) is 0. The van der Waals surface area contributed by atoms with Crippen molar-refractivity contribution < 1.29 is 0 Å². The van der Waals surface area contributed by atoms with Crippen LogP contribution in [0.3, 0.4) is 0 Å². The molecule has 394 valence electrons. The molecule has 4 aromatic heterocycles. The first-order valence-electron chi connectivity index (χ1n) is 30.0. The minimum absolute atomic E-state index is 0.226. The van der Waals surface area contributed by atoms with Crippen LogP contribution in [0.5, 0.6) is 0 Å². The number of nitrogens with zero attached hydrogens (tertiary/aromatic N) is 6. The fourth-order valence-electron chi connectivity index (χ4n) is 16.7. The number of aromatic nitrogens is 4. The fourth-order valence-corrected chi connectivity index (χ4v) is 16.7. The van der Waals surface area contributed by atoms with Gasteiger partial charge in [0.15, 0.2) is 0 Å². The Balaban J connectivity index is 0.978. The molecule has 8 heterocycles. The highest BCUT2D eigenvalue weighted by molar-refractivity contribution is 6.93. The first-order valence-corrected chi connectivity index (χ1v) is 30.0. The Kier molecular flexibility index (Phi) is 8.60. The minimum atomic E-state index is -0.226. The van der Waals surface area contributed by atoms with Crippen LogP contribution < -0.4 is 31.7 Å². The number of para-hydroxylation sites is 10. The van der Waals surface area contributed by atoms with Crippen molar-refractivity contribution in [3.8, 4) is 33.6 Å². The Labute approximate surface area is 494 Å². The molecule has 0 N–H and O–H groups in total. The molecule has 0 unspecified atom stereocenters. The van der Waals surface area contributed by atoms with E-state index in [1.165, 1.54) is 154 Å². The Bertz CT molecular complexity index is 5500. The summed E-state index contributed by atoms with van der Waals surface area (Å²) < 4.78 is 10.6. The molecule has 4 aliphatic rings. The summed E-state index contributed by atoms with van der Waals surface area (Å²) in [6.45, 7) is -0.453. The van der Waals surface area contributed by atoms with Crippen LogP contribution in [0, 0.1) is 0 Å². The summed E-state index contributed by atoms with van der Waals surface area (Å²) in [5, 5.41) is 10.00. The second-order valence-electron chi connectivity index (χ2n) is 23.8. The number of rotatable bonds is 4. The van der Waals surface area contributed by atoms with Crippen molar-refractivity contribution in [2.24, 2.45) is 0 Å². The van der Waals surface area contributed by atoms with Crippen LogP contribution in [0.2, 0.25) is 0 Å². The molecule has 0 fully saturated rings. The first kappa shape index (κ1) is 45.3. The zero-order valence-electron chi connectivity index (χ0n) is 46.4. The average molecular weight is 1090 g/mol. The summed E-state index contributed by atoms with van der Waals surface area (Å²) in [6, 6.07) is 105. The summed E-state index contributed by atoms with van der Waals surface area (Å²) in [6.07, 6.45) is 0. The number of hydrogen-bond donors (Lipinski definition) is 0. The molecule has 0 bridgehead atoms. The van der Waals surface area contributed by atoms with Crippen molar-refractivity contribution in [1.82, 2.24) is 18.1 Å². The quantitative estimate of drug-likeness (QED) is 0.164. The lowest BCUT2D eigenvalue weighted by Crippen LogP contribution is -2.61. The molecule has 0 radical (unpaired) electrons. The highest BCUT2D eigenvalue weighted by atomic mass is 15.2. The molecule has 13 aromatic carbocycles. The van der Waals surface area contributed by atoms with Gasteiger partial charge in [0.25, 0.3) is 0 Å². The molecule has 0 atom stereocenters. The van der Waals surface area contributed by atoms with E-state index in [9.17, 15) is 0 Å². The largest absolute Gasteiger partial charge is 0.375 e. The van der Waals surface area contributed by atoms with Crippen LogP contribution in [-0.2, 0) is 0 Å². The van der Waals surface area contributed by atoms with Gasteiger partial charge in [-0.2, -0.15) is 0 Å². The van der Waals surface area contributed by atoms with E-state index in [0.29, 0.717) is 0 Å². The molecule has 0 saturated carbocycles. The number of hydrogen-bond acceptors (Lipinski definition) is 2. The number of anilines is 6. The van der Waals surface area contributed by atoms with Crippen molar-refractivity contribution >= 4 is 157 Å². The molecular formula is C78H46B2N6. The average Bonchev–Trinajstić information content (AvgIpc) is 1.36. The Hall–Kier alpha value is -11.2. The van der Waals surface area contributed by atoms with Crippen LogP contribution in [0.15, 0.2) is 279 Å². The van der Waals surface area contributed by atoms with Gasteiger partial charge in [-0.25, -0.2) is 0 Å². The lowest BCUT2D eigenvalue weighted by Gasteiger charge is -2.44. The van der Waals surface area contributed by atoms with E-state index < -0.39 is 0 Å². The van der Waals surface area contributed by atoms with E-state index in [2.05, 4.69) is 307 Å². The van der Waals surface area contributed by atoms with E-state index >= 15 is 0 Å². The van der Waals surface area contributed by atoms with Gasteiger partial charge in [-0.3, -0.25) is 0 Å². The van der Waals surface area contributed by atoms with Gasteiger partial charge >= 0.3 is 13.7 Å². The van der Waals surface area contributed by atoms with Gasteiger partial charge in [-0.1, -0.05) is 188 Å². The van der Waals surface area contributed by atoms with Crippen molar-refractivity contribution in [3.05, 3.63) is 279 Å². The lowest BCUT2D eigenvalue weighted by atomic mass is 9.41. The second kappa shape index (κ2) is 16.3. The third-order valence-corrected chi connectivity index (χ3v) is 19.8. The summed E-state index contributed by atoms with van der Waals surface area (Å²) in [4.78, 5) is 5.24. The maximum absolute atomic E-state index is 2.74. The Morgan fingerprint density at radius 1 is 0.233 bits per heavy atom. The molecule has 0 amide bonds. The SMILES string of the molecule is c1ccc(N2c3cc4c(cc3B3c5c2cc2c6ccccc6n(-c6ccccc6)c2c5-c2cccc5c6ccccc6n3c25)B2c3c(cc5c6ccccc6n(-c6ccccc6)c5c3-c3cccc5c6ccccc6n2c35)N4c2ccccc2)cc1. The van der Waals surface area contributed by atoms with Gasteiger partial charge in [-0.05, 0) is 113 Å². The maximum atomic E-state index is 2.74. The normalized spacial score (nSPS) is 13.5. The van der Waals surface area contributed by atoms with Crippen molar-refractivity contribution in [3.63, 3.8) is 0 Å². The first-order chi connectivity index (χ1) is 42.8. The smallest absolute Gasteiger partial charge is 0.333 e. The molecule has 0 saturated heterocycles. The summed E-state index contributed by atoms with van der Waals surface area (Å²) >= 11 is 0. The predicted molar refractivity (Wildman–Crippen MR) is 362 cm³/mol. The highest BCUT2D eigenvalue weighted by Crippen LogP contribution is 2.54. The van der Waals surface area contributed by atoms with Crippen molar-refractivity contribution in [2.45, 2.75) is 0 Å². The monoisotopic (exact) mass is 1090 g/mol. The van der Waals surface area contributed by atoms with Gasteiger partial charge in [0.05, 0.1) is 22.1 Å². The molecule has 21 rings (SSSR count). The standard InChI is InChI=1S/C78H46B2N6/c1-5-23-47(24-6-1)81-67-46-68-62(45-61(67)79-73-69(81)43-59-53-33-13-17-39-63(53)83(49-27-9-3-10-28-49)77(59)71(73)57-37-21-35-55-51-31-15-19-41-65(51)85(79)75(55)57)80-74-70(82(68)48-25-7-2-8-26-48)44-60-54-34-14-18-40-64(54)84(50-29-11-4-12-30-50)78(60)72(74)58-38-22-36-56-52-32-16-20-42-66(52)86(80)76(56)58/h1-46H. The number of benzene rings is 13. The molecular weight excluding hydrogens is 1040 g/mol. The highest BCUT2D eigenvalue weighted by Gasteiger charge is 2.49. The Morgan fingerprint density at radius 3 is 0.977 bits per heavy atom.